The molecule has 0 unspecified atom stereocenters. The first-order valence-corrected chi connectivity index (χ1v) is 7.45. The topological polar surface area (TPSA) is 84.9 Å². The molecule has 22 heavy (non-hydrogen) atoms. The normalized spacial score (nSPS) is 11.0. The molecule has 7 heteroatoms. The first-order valence-electron chi connectivity index (χ1n) is 6.66. The lowest BCUT2D eigenvalue weighted by Crippen LogP contribution is -2.32. The zero-order valence-corrected chi connectivity index (χ0v) is 14.6. The molecule has 122 valence electrons. The molecule has 0 saturated heterocycles. The molecule has 0 aliphatic rings. The van der Waals surface area contributed by atoms with Crippen LogP contribution in [0.4, 0.5) is 0 Å². The number of aliphatic carboxylic acids is 1. The Labute approximate surface area is 137 Å². The minimum atomic E-state index is -0.895. The molecule has 1 amide bonds. The molecule has 0 heterocycles. The highest BCUT2D eigenvalue weighted by Crippen LogP contribution is 2.35. The van der Waals surface area contributed by atoms with Crippen LogP contribution in [-0.4, -0.2) is 37.7 Å². The highest BCUT2D eigenvalue weighted by atomic mass is 79.9. The van der Waals surface area contributed by atoms with Crippen LogP contribution in [0.15, 0.2) is 16.6 Å². The molecule has 0 atom stereocenters. The fraction of sp³-hybridized carbons (Fsp3) is 0.467. The summed E-state index contributed by atoms with van der Waals surface area (Å²) in [4.78, 5) is 23.2. The van der Waals surface area contributed by atoms with E-state index in [1.807, 2.05) is 0 Å². The molecule has 6 nitrogen and oxygen atoms in total. The largest absolute Gasteiger partial charge is 0.495 e. The summed E-state index contributed by atoms with van der Waals surface area (Å²) in [6, 6.07) is 3.18. The standard InChI is InChI=1S/C15H20BrNO5/c1-15(2,14(19)20)5-6-17-13(18)9-7-10(21-3)12(16)11(8-9)22-4/h7-8H,5-6H2,1-4H3,(H,17,18)(H,19,20). The summed E-state index contributed by atoms with van der Waals surface area (Å²) < 4.78 is 11.0. The van der Waals surface area contributed by atoms with E-state index in [-0.39, 0.29) is 12.5 Å². The summed E-state index contributed by atoms with van der Waals surface area (Å²) in [5, 5.41) is 11.7. The first-order chi connectivity index (χ1) is 10.2. The van der Waals surface area contributed by atoms with E-state index in [0.29, 0.717) is 28.0 Å². The molecular formula is C15H20BrNO5. The molecule has 2 N–H and O–H groups in total. The number of carboxylic acids is 1. The number of carboxylic acid groups (broad SMARTS) is 1. The maximum Gasteiger partial charge on any atom is 0.309 e. The third-order valence-electron chi connectivity index (χ3n) is 3.32. The van der Waals surface area contributed by atoms with Crippen molar-refractivity contribution >= 4 is 27.8 Å². The SMILES string of the molecule is COc1cc(C(=O)NCCC(C)(C)C(=O)O)cc(OC)c1Br. The van der Waals surface area contributed by atoms with Gasteiger partial charge in [0.05, 0.1) is 19.6 Å². The predicted molar refractivity (Wildman–Crippen MR) is 85.6 cm³/mol. The molecule has 0 fully saturated rings. The molecule has 0 saturated carbocycles. The van der Waals surface area contributed by atoms with Crippen molar-refractivity contribution in [3.8, 4) is 11.5 Å². The number of hydrogen-bond acceptors (Lipinski definition) is 4. The minimum absolute atomic E-state index is 0.263. The highest BCUT2D eigenvalue weighted by Gasteiger charge is 2.26. The fourth-order valence-electron chi connectivity index (χ4n) is 1.70. The van der Waals surface area contributed by atoms with Crippen molar-refractivity contribution in [2.75, 3.05) is 20.8 Å². The summed E-state index contributed by atoms with van der Waals surface area (Å²) in [5.74, 6) is -0.246. The van der Waals surface area contributed by atoms with E-state index < -0.39 is 11.4 Å². The zero-order valence-electron chi connectivity index (χ0n) is 13.0. The van der Waals surface area contributed by atoms with Crippen molar-refractivity contribution in [3.63, 3.8) is 0 Å². The van der Waals surface area contributed by atoms with Gasteiger partial charge in [0, 0.05) is 12.1 Å². The molecule has 1 aromatic carbocycles. The van der Waals surface area contributed by atoms with E-state index in [9.17, 15) is 9.59 Å². The average Bonchev–Trinajstić information content (AvgIpc) is 2.46. The first kappa shape index (κ1) is 18.3. The van der Waals surface area contributed by atoms with Crippen LogP contribution in [0.5, 0.6) is 11.5 Å². The third kappa shape index (κ3) is 4.37. The van der Waals surface area contributed by atoms with Gasteiger partial charge in [0.25, 0.3) is 5.91 Å². The van der Waals surface area contributed by atoms with Gasteiger partial charge in [-0.05, 0) is 48.3 Å². The lowest BCUT2D eigenvalue weighted by atomic mass is 9.90. The summed E-state index contributed by atoms with van der Waals surface area (Å²) in [6.07, 6.45) is 0.332. The van der Waals surface area contributed by atoms with E-state index >= 15 is 0 Å². The summed E-state index contributed by atoms with van der Waals surface area (Å²) in [5.41, 5.74) is -0.507. The van der Waals surface area contributed by atoms with Crippen LogP contribution < -0.4 is 14.8 Å². The van der Waals surface area contributed by atoms with E-state index in [1.54, 1.807) is 26.0 Å². The van der Waals surface area contributed by atoms with Crippen molar-refractivity contribution in [2.24, 2.45) is 5.41 Å². The number of ether oxygens (including phenoxy) is 2. The van der Waals surface area contributed by atoms with Gasteiger partial charge in [-0.1, -0.05) is 0 Å². The molecule has 0 aliphatic heterocycles. The number of carbonyl (C=O) groups excluding carboxylic acids is 1. The Morgan fingerprint density at radius 1 is 1.23 bits per heavy atom. The number of carbonyl (C=O) groups is 2. The molecule has 0 spiro atoms. The van der Waals surface area contributed by atoms with Gasteiger partial charge in [0.2, 0.25) is 0 Å². The highest BCUT2D eigenvalue weighted by molar-refractivity contribution is 9.10. The van der Waals surface area contributed by atoms with Crippen LogP contribution in [0.1, 0.15) is 30.6 Å². The van der Waals surface area contributed by atoms with Gasteiger partial charge in [0.15, 0.2) is 0 Å². The zero-order chi connectivity index (χ0) is 16.9. The van der Waals surface area contributed by atoms with Crippen LogP contribution in [-0.2, 0) is 4.79 Å². The van der Waals surface area contributed by atoms with Crippen LogP contribution in [0, 0.1) is 5.41 Å². The van der Waals surface area contributed by atoms with Gasteiger partial charge in [-0.25, -0.2) is 0 Å². The third-order valence-corrected chi connectivity index (χ3v) is 4.10. The molecule has 1 rings (SSSR count). The number of nitrogens with one attached hydrogen (secondary N) is 1. The van der Waals surface area contributed by atoms with E-state index in [0.717, 1.165) is 0 Å². The van der Waals surface area contributed by atoms with E-state index in [1.165, 1.54) is 14.2 Å². The second-order valence-electron chi connectivity index (χ2n) is 5.39. The van der Waals surface area contributed by atoms with Crippen molar-refractivity contribution in [2.45, 2.75) is 20.3 Å². The van der Waals surface area contributed by atoms with Crippen LogP contribution >= 0.6 is 15.9 Å². The lowest BCUT2D eigenvalue weighted by molar-refractivity contribution is -0.147. The van der Waals surface area contributed by atoms with Crippen LogP contribution in [0.2, 0.25) is 0 Å². The van der Waals surface area contributed by atoms with Gasteiger partial charge in [-0.2, -0.15) is 0 Å². The summed E-state index contributed by atoms with van der Waals surface area (Å²) in [7, 11) is 2.99. The Bertz CT molecular complexity index is 546. The maximum atomic E-state index is 12.2. The molecule has 1 aromatic rings. The van der Waals surface area contributed by atoms with Crippen molar-refractivity contribution in [3.05, 3.63) is 22.2 Å². The minimum Gasteiger partial charge on any atom is -0.495 e. The molecule has 0 radical (unpaired) electrons. The van der Waals surface area contributed by atoms with Gasteiger partial charge >= 0.3 is 5.97 Å². The van der Waals surface area contributed by atoms with Crippen LogP contribution in [0.25, 0.3) is 0 Å². The van der Waals surface area contributed by atoms with Gasteiger partial charge < -0.3 is 19.9 Å². The quantitative estimate of drug-likeness (QED) is 0.767. The van der Waals surface area contributed by atoms with Gasteiger partial charge in [0.1, 0.15) is 16.0 Å². The molecular weight excluding hydrogens is 354 g/mol. The second kappa shape index (κ2) is 7.49. The number of benzene rings is 1. The Morgan fingerprint density at radius 2 is 1.73 bits per heavy atom. The van der Waals surface area contributed by atoms with Crippen molar-refractivity contribution < 1.29 is 24.2 Å². The van der Waals surface area contributed by atoms with Gasteiger partial charge in [-0.15, -0.1) is 0 Å². The Hall–Kier alpha value is -1.76. The summed E-state index contributed by atoms with van der Waals surface area (Å²) >= 11 is 3.33. The van der Waals surface area contributed by atoms with Crippen molar-refractivity contribution in [1.29, 1.82) is 0 Å². The monoisotopic (exact) mass is 373 g/mol. The Balaban J connectivity index is 2.80. The second-order valence-corrected chi connectivity index (χ2v) is 6.18. The maximum absolute atomic E-state index is 12.2. The van der Waals surface area contributed by atoms with Crippen molar-refractivity contribution in [1.82, 2.24) is 5.32 Å². The van der Waals surface area contributed by atoms with Gasteiger partial charge in [-0.3, -0.25) is 9.59 Å². The Kier molecular flexibility index (Phi) is 6.22. The molecule has 0 bridgehead atoms. The van der Waals surface area contributed by atoms with Crippen LogP contribution in [0.3, 0.4) is 0 Å². The number of hydrogen-bond donors (Lipinski definition) is 2. The molecule has 0 aromatic heterocycles. The fourth-order valence-corrected chi connectivity index (χ4v) is 2.25. The van der Waals surface area contributed by atoms with E-state index in [4.69, 9.17) is 14.6 Å². The summed E-state index contributed by atoms with van der Waals surface area (Å²) in [6.45, 7) is 3.50. The Morgan fingerprint density at radius 3 is 2.14 bits per heavy atom. The number of halogens is 1. The van der Waals surface area contributed by atoms with E-state index in [2.05, 4.69) is 21.2 Å². The number of rotatable bonds is 7. The predicted octanol–water partition coefficient (Wildman–Crippen LogP) is 2.70. The molecule has 0 aliphatic carbocycles. The lowest BCUT2D eigenvalue weighted by Gasteiger charge is -2.19. The number of methoxy groups -OCH3 is 2. The smallest absolute Gasteiger partial charge is 0.309 e. The number of amides is 1. The average molecular weight is 374 g/mol.